The van der Waals surface area contributed by atoms with Crippen LogP contribution >= 0.6 is 11.6 Å². The summed E-state index contributed by atoms with van der Waals surface area (Å²) in [4.78, 5) is 11.8. The fourth-order valence-electron chi connectivity index (χ4n) is 1.73. The highest BCUT2D eigenvalue weighted by Crippen LogP contribution is 2.14. The van der Waals surface area contributed by atoms with E-state index in [2.05, 4.69) is 5.32 Å². The van der Waals surface area contributed by atoms with E-state index in [1.807, 2.05) is 24.4 Å². The molecule has 0 bridgehead atoms. The number of halogens is 1. The summed E-state index contributed by atoms with van der Waals surface area (Å²) in [6.45, 7) is 2.32. The van der Waals surface area contributed by atoms with Gasteiger partial charge >= 0.3 is 0 Å². The van der Waals surface area contributed by atoms with Crippen molar-refractivity contribution in [1.82, 2.24) is 0 Å². The molecule has 100 valence electrons. The summed E-state index contributed by atoms with van der Waals surface area (Å²) < 4.78 is 5.28. The van der Waals surface area contributed by atoms with E-state index in [1.165, 1.54) is 0 Å². The number of hydrogen-bond donors (Lipinski definition) is 2. The first-order valence-corrected chi connectivity index (χ1v) is 6.45. The average molecular weight is 280 g/mol. The predicted octanol–water partition coefficient (Wildman–Crippen LogP) is 2.20. The Hall–Kier alpha value is -1.78. The zero-order valence-electron chi connectivity index (χ0n) is 10.6. The van der Waals surface area contributed by atoms with E-state index >= 15 is 0 Å². The van der Waals surface area contributed by atoms with Crippen molar-refractivity contribution in [2.75, 3.05) is 11.9 Å². The molecule has 2 aromatic rings. The number of anilines is 1. The van der Waals surface area contributed by atoms with E-state index in [1.54, 1.807) is 30.5 Å². The van der Waals surface area contributed by atoms with Crippen LogP contribution in [0.4, 0.5) is 5.69 Å². The molecule has 0 fully saturated rings. The topological polar surface area (TPSA) is 58.9 Å². The largest absolute Gasteiger partial charge is 0.463 e. The van der Waals surface area contributed by atoms with Gasteiger partial charge in [0.15, 0.2) is 12.3 Å². The van der Waals surface area contributed by atoms with E-state index in [0.29, 0.717) is 17.3 Å². The maximum Gasteiger partial charge on any atom is 0.279 e. The van der Waals surface area contributed by atoms with Gasteiger partial charge in [0.2, 0.25) is 0 Å². The summed E-state index contributed by atoms with van der Waals surface area (Å²) in [5, 5.41) is 5.32. The Balaban J connectivity index is 1.82. The Morgan fingerprint density at radius 1 is 1.42 bits per heavy atom. The Morgan fingerprint density at radius 2 is 2.26 bits per heavy atom. The van der Waals surface area contributed by atoms with Gasteiger partial charge in [-0.2, -0.15) is 0 Å². The smallest absolute Gasteiger partial charge is 0.279 e. The van der Waals surface area contributed by atoms with Crippen molar-refractivity contribution in [3.63, 3.8) is 0 Å². The molecule has 0 radical (unpaired) electrons. The molecule has 0 saturated heterocycles. The molecule has 3 N–H and O–H groups in total. The molecule has 1 aromatic carbocycles. The lowest BCUT2D eigenvalue weighted by Gasteiger charge is -2.08. The van der Waals surface area contributed by atoms with Gasteiger partial charge in [0.05, 0.1) is 6.26 Å². The van der Waals surface area contributed by atoms with Crippen molar-refractivity contribution in [3.8, 4) is 0 Å². The lowest BCUT2D eigenvalue weighted by molar-refractivity contribution is -0.684. The molecule has 0 aliphatic rings. The van der Waals surface area contributed by atoms with Crippen LogP contribution in [0.25, 0.3) is 0 Å². The molecule has 1 amide bonds. The van der Waals surface area contributed by atoms with Crippen molar-refractivity contribution in [2.45, 2.75) is 13.0 Å². The fourth-order valence-corrected chi connectivity index (χ4v) is 1.92. The van der Waals surface area contributed by atoms with Crippen LogP contribution in [0.5, 0.6) is 0 Å². The van der Waals surface area contributed by atoms with E-state index in [4.69, 9.17) is 16.0 Å². The number of carbonyl (C=O) groups excluding carboxylic acids is 1. The maximum atomic E-state index is 11.8. The SMILES string of the molecule is C[C@@H]([NH2+]CC(=O)Nc1cccc(Cl)c1)c1ccco1. The average Bonchev–Trinajstić information content (AvgIpc) is 2.90. The van der Waals surface area contributed by atoms with Gasteiger partial charge in [0, 0.05) is 10.7 Å². The van der Waals surface area contributed by atoms with Gasteiger partial charge < -0.3 is 15.1 Å². The number of nitrogens with two attached hydrogens (primary N) is 1. The second-order valence-corrected chi connectivity index (χ2v) is 4.74. The van der Waals surface area contributed by atoms with Crippen LogP contribution in [0.2, 0.25) is 5.02 Å². The fraction of sp³-hybridized carbons (Fsp3) is 0.214. The van der Waals surface area contributed by atoms with E-state index in [-0.39, 0.29) is 11.9 Å². The molecule has 4 nitrogen and oxygen atoms in total. The quantitative estimate of drug-likeness (QED) is 0.881. The highest BCUT2D eigenvalue weighted by molar-refractivity contribution is 6.30. The summed E-state index contributed by atoms with van der Waals surface area (Å²) in [6, 6.07) is 10.9. The molecule has 2 rings (SSSR count). The van der Waals surface area contributed by atoms with Crippen molar-refractivity contribution in [2.24, 2.45) is 0 Å². The van der Waals surface area contributed by atoms with Crippen LogP contribution in [0.15, 0.2) is 47.1 Å². The lowest BCUT2D eigenvalue weighted by atomic mass is 10.2. The van der Waals surface area contributed by atoms with E-state index in [9.17, 15) is 4.79 Å². The molecule has 0 unspecified atom stereocenters. The van der Waals surface area contributed by atoms with Crippen LogP contribution in [-0.2, 0) is 4.79 Å². The third-order valence-corrected chi connectivity index (χ3v) is 2.99. The van der Waals surface area contributed by atoms with E-state index < -0.39 is 0 Å². The van der Waals surface area contributed by atoms with Gasteiger partial charge in [0.25, 0.3) is 5.91 Å². The molecule has 1 aromatic heterocycles. The van der Waals surface area contributed by atoms with Gasteiger partial charge in [-0.15, -0.1) is 0 Å². The Morgan fingerprint density at radius 3 is 2.95 bits per heavy atom. The number of amides is 1. The first-order valence-electron chi connectivity index (χ1n) is 6.07. The summed E-state index contributed by atoms with van der Waals surface area (Å²) in [5.74, 6) is 0.788. The van der Waals surface area contributed by atoms with Gasteiger partial charge in [-0.3, -0.25) is 4.79 Å². The molecule has 1 heterocycles. The Labute approximate surface area is 116 Å². The summed E-state index contributed by atoms with van der Waals surface area (Å²) in [5.41, 5.74) is 0.705. The Bertz CT molecular complexity index is 540. The van der Waals surface area contributed by atoms with Gasteiger partial charge in [-0.05, 0) is 37.3 Å². The number of quaternary nitrogens is 1. The van der Waals surface area contributed by atoms with Crippen LogP contribution in [0, 0.1) is 0 Å². The minimum atomic E-state index is -0.0688. The standard InChI is InChI=1S/C14H15ClN2O2/c1-10(13-6-3-7-19-13)16-9-14(18)17-12-5-2-4-11(15)8-12/h2-8,10,16H,9H2,1H3,(H,17,18)/p+1/t10-/m1/s1. The van der Waals surface area contributed by atoms with Gasteiger partial charge in [-0.1, -0.05) is 17.7 Å². The zero-order valence-corrected chi connectivity index (χ0v) is 11.4. The molecule has 19 heavy (non-hydrogen) atoms. The minimum absolute atomic E-state index is 0.0688. The Kier molecular flexibility index (Phi) is 4.60. The first kappa shape index (κ1) is 13.6. The number of rotatable bonds is 5. The van der Waals surface area contributed by atoms with Crippen molar-refractivity contribution >= 4 is 23.2 Å². The molecule has 0 aliphatic heterocycles. The van der Waals surface area contributed by atoms with Crippen LogP contribution in [-0.4, -0.2) is 12.5 Å². The van der Waals surface area contributed by atoms with Gasteiger partial charge in [-0.25, -0.2) is 0 Å². The highest BCUT2D eigenvalue weighted by Gasteiger charge is 2.13. The number of carbonyl (C=O) groups is 1. The normalized spacial score (nSPS) is 12.1. The maximum absolute atomic E-state index is 11.8. The second-order valence-electron chi connectivity index (χ2n) is 4.30. The molecule has 1 atom stereocenters. The van der Waals surface area contributed by atoms with Crippen molar-refractivity contribution in [3.05, 3.63) is 53.4 Å². The lowest BCUT2D eigenvalue weighted by Crippen LogP contribution is -2.86. The molecule has 0 spiro atoms. The number of hydrogen-bond acceptors (Lipinski definition) is 2. The number of furan rings is 1. The third kappa shape index (κ3) is 4.12. The molecular weight excluding hydrogens is 264 g/mol. The first-order chi connectivity index (χ1) is 9.15. The minimum Gasteiger partial charge on any atom is -0.463 e. The van der Waals surface area contributed by atoms with Crippen molar-refractivity contribution in [1.29, 1.82) is 0 Å². The summed E-state index contributed by atoms with van der Waals surface area (Å²) in [7, 11) is 0. The monoisotopic (exact) mass is 279 g/mol. The van der Waals surface area contributed by atoms with Crippen LogP contribution in [0.3, 0.4) is 0 Å². The van der Waals surface area contributed by atoms with Crippen LogP contribution in [0.1, 0.15) is 18.7 Å². The summed E-state index contributed by atoms with van der Waals surface area (Å²) >= 11 is 5.85. The molecule has 0 aliphatic carbocycles. The van der Waals surface area contributed by atoms with Crippen molar-refractivity contribution < 1.29 is 14.5 Å². The zero-order chi connectivity index (χ0) is 13.7. The second kappa shape index (κ2) is 6.41. The molecule has 0 saturated carbocycles. The number of nitrogens with one attached hydrogen (secondary N) is 1. The molecule has 5 heteroatoms. The predicted molar refractivity (Wildman–Crippen MR) is 74.0 cm³/mol. The summed E-state index contributed by atoms with van der Waals surface area (Å²) in [6.07, 6.45) is 1.63. The van der Waals surface area contributed by atoms with Crippen LogP contribution < -0.4 is 10.6 Å². The third-order valence-electron chi connectivity index (χ3n) is 2.76. The molecular formula is C14H16ClN2O2+. The van der Waals surface area contributed by atoms with Gasteiger partial charge in [0.1, 0.15) is 6.04 Å². The van der Waals surface area contributed by atoms with E-state index in [0.717, 1.165) is 5.76 Å². The number of benzene rings is 1. The highest BCUT2D eigenvalue weighted by atomic mass is 35.5.